The van der Waals surface area contributed by atoms with Gasteiger partial charge in [0.05, 0.1) is 30.9 Å². The summed E-state index contributed by atoms with van der Waals surface area (Å²) in [6.45, 7) is 0. The van der Waals surface area contributed by atoms with Crippen molar-refractivity contribution in [2.45, 2.75) is 12.8 Å². The summed E-state index contributed by atoms with van der Waals surface area (Å²) in [5.74, 6) is -0.715. The molecule has 0 bridgehead atoms. The lowest BCUT2D eigenvalue weighted by molar-refractivity contribution is -0.385. The molecule has 1 aliphatic heterocycles. The highest BCUT2D eigenvalue weighted by Crippen LogP contribution is 2.41. The van der Waals surface area contributed by atoms with Gasteiger partial charge in [-0.3, -0.25) is 19.7 Å². The molecule has 0 spiro atoms. The topological polar surface area (TPSA) is 99.0 Å². The van der Waals surface area contributed by atoms with Gasteiger partial charge in [0, 0.05) is 18.9 Å². The molecule has 1 aromatic carbocycles. The normalized spacial score (nSPS) is 14.6. The number of imide groups is 1. The summed E-state index contributed by atoms with van der Waals surface area (Å²) in [5.41, 5.74) is -0.144. The summed E-state index contributed by atoms with van der Waals surface area (Å²) in [4.78, 5) is 34.8. The minimum atomic E-state index is -0.626. The molecule has 1 fully saturated rings. The Hall–Kier alpha value is -2.64. The number of benzene rings is 1. The molecular formula is C12H12N2O6. The Morgan fingerprint density at radius 3 is 2.10 bits per heavy atom. The maximum absolute atomic E-state index is 11.7. The predicted molar refractivity (Wildman–Crippen MR) is 67.9 cm³/mol. The molecule has 0 aliphatic carbocycles. The number of methoxy groups -OCH3 is 2. The van der Waals surface area contributed by atoms with Crippen LogP contribution in [0.4, 0.5) is 11.4 Å². The first-order valence-electron chi connectivity index (χ1n) is 5.75. The van der Waals surface area contributed by atoms with Crippen molar-refractivity contribution in [3.05, 3.63) is 22.2 Å². The molecule has 2 rings (SSSR count). The molecule has 1 aliphatic rings. The van der Waals surface area contributed by atoms with Crippen LogP contribution in [0.5, 0.6) is 11.5 Å². The van der Waals surface area contributed by atoms with Crippen LogP contribution in [0.2, 0.25) is 0 Å². The van der Waals surface area contributed by atoms with Crippen LogP contribution in [0, 0.1) is 10.1 Å². The molecule has 0 unspecified atom stereocenters. The van der Waals surface area contributed by atoms with E-state index in [0.29, 0.717) is 0 Å². The molecule has 1 saturated heterocycles. The van der Waals surface area contributed by atoms with Crippen molar-refractivity contribution in [1.29, 1.82) is 0 Å². The number of carbonyl (C=O) groups is 2. The Morgan fingerprint density at radius 2 is 1.65 bits per heavy atom. The predicted octanol–water partition coefficient (Wildman–Crippen LogP) is 1.27. The zero-order chi connectivity index (χ0) is 14.9. The number of ether oxygens (including phenoxy) is 2. The monoisotopic (exact) mass is 280 g/mol. The molecule has 0 saturated carbocycles. The molecule has 0 N–H and O–H groups in total. The summed E-state index contributed by atoms with van der Waals surface area (Å²) in [7, 11) is 2.58. The average molecular weight is 280 g/mol. The van der Waals surface area contributed by atoms with E-state index in [9.17, 15) is 19.7 Å². The van der Waals surface area contributed by atoms with Crippen LogP contribution in [-0.4, -0.2) is 31.0 Å². The minimum absolute atomic E-state index is 0.0432. The molecule has 1 aromatic rings. The third-order valence-electron chi connectivity index (χ3n) is 2.97. The lowest BCUT2D eigenvalue weighted by Crippen LogP contribution is -2.29. The van der Waals surface area contributed by atoms with E-state index < -0.39 is 4.92 Å². The van der Waals surface area contributed by atoms with Gasteiger partial charge in [-0.05, 0) is 0 Å². The van der Waals surface area contributed by atoms with E-state index >= 15 is 0 Å². The Kier molecular flexibility index (Phi) is 3.55. The Labute approximate surface area is 114 Å². The maximum Gasteiger partial charge on any atom is 0.314 e. The highest BCUT2D eigenvalue weighted by molar-refractivity contribution is 6.20. The molecule has 8 nitrogen and oxygen atoms in total. The second-order valence-electron chi connectivity index (χ2n) is 4.08. The van der Waals surface area contributed by atoms with E-state index in [0.717, 1.165) is 11.0 Å². The fourth-order valence-corrected chi connectivity index (χ4v) is 2.03. The van der Waals surface area contributed by atoms with E-state index in [4.69, 9.17) is 9.47 Å². The Bertz CT molecular complexity index is 582. The number of carbonyl (C=O) groups excluding carboxylic acids is 2. The molecule has 106 valence electrons. The van der Waals surface area contributed by atoms with Gasteiger partial charge in [-0.25, -0.2) is 4.90 Å². The lowest BCUT2D eigenvalue weighted by atomic mass is 10.2. The molecule has 0 aromatic heterocycles. The van der Waals surface area contributed by atoms with Crippen LogP contribution in [-0.2, 0) is 9.59 Å². The Balaban J connectivity index is 2.60. The number of hydrogen-bond donors (Lipinski definition) is 0. The maximum atomic E-state index is 11.7. The number of hydrogen-bond acceptors (Lipinski definition) is 6. The van der Waals surface area contributed by atoms with Gasteiger partial charge >= 0.3 is 5.69 Å². The molecule has 20 heavy (non-hydrogen) atoms. The summed E-state index contributed by atoms with van der Waals surface area (Å²) >= 11 is 0. The van der Waals surface area contributed by atoms with Gasteiger partial charge < -0.3 is 9.47 Å². The van der Waals surface area contributed by atoms with E-state index in [-0.39, 0.29) is 47.5 Å². The van der Waals surface area contributed by atoms with Crippen molar-refractivity contribution in [2.24, 2.45) is 0 Å². The molecule has 8 heteroatoms. The van der Waals surface area contributed by atoms with E-state index in [1.54, 1.807) is 0 Å². The van der Waals surface area contributed by atoms with Gasteiger partial charge in [-0.1, -0.05) is 0 Å². The SMILES string of the molecule is COc1cc([N+](=O)[O-])c(OC)cc1N1C(=O)CCC1=O. The number of nitro benzene ring substituents is 1. The summed E-state index contributed by atoms with van der Waals surface area (Å²) in [6, 6.07) is 2.39. The molecular weight excluding hydrogens is 268 g/mol. The second kappa shape index (κ2) is 5.16. The largest absolute Gasteiger partial charge is 0.494 e. The van der Waals surface area contributed by atoms with Gasteiger partial charge in [0.15, 0.2) is 5.75 Å². The van der Waals surface area contributed by atoms with Crippen molar-refractivity contribution in [1.82, 2.24) is 0 Å². The van der Waals surface area contributed by atoms with E-state index in [1.165, 1.54) is 20.3 Å². The molecule has 2 amide bonds. The van der Waals surface area contributed by atoms with Crippen LogP contribution in [0.3, 0.4) is 0 Å². The van der Waals surface area contributed by atoms with Crippen LogP contribution in [0.1, 0.15) is 12.8 Å². The third kappa shape index (κ3) is 2.15. The zero-order valence-corrected chi connectivity index (χ0v) is 10.9. The summed E-state index contributed by atoms with van der Waals surface area (Å²) < 4.78 is 9.97. The first-order valence-corrected chi connectivity index (χ1v) is 5.75. The number of anilines is 1. The van der Waals surface area contributed by atoms with Crippen LogP contribution < -0.4 is 14.4 Å². The fourth-order valence-electron chi connectivity index (χ4n) is 2.03. The standard InChI is InChI=1S/C12H12N2O6/c1-19-9-6-8(14(17)18)10(20-2)5-7(9)13-11(15)3-4-12(13)16/h5-6H,3-4H2,1-2H3. The van der Waals surface area contributed by atoms with Crippen molar-refractivity contribution in [3.63, 3.8) is 0 Å². The zero-order valence-electron chi connectivity index (χ0n) is 10.9. The lowest BCUT2D eigenvalue weighted by Gasteiger charge is -2.18. The summed E-state index contributed by atoms with van der Waals surface area (Å²) in [6.07, 6.45) is 0.225. The average Bonchev–Trinajstić information content (AvgIpc) is 2.76. The first kappa shape index (κ1) is 13.8. The van der Waals surface area contributed by atoms with Crippen molar-refractivity contribution in [2.75, 3.05) is 19.1 Å². The second-order valence-corrected chi connectivity index (χ2v) is 4.08. The third-order valence-corrected chi connectivity index (χ3v) is 2.97. The highest BCUT2D eigenvalue weighted by Gasteiger charge is 2.34. The van der Waals surface area contributed by atoms with Crippen LogP contribution in [0.25, 0.3) is 0 Å². The number of amides is 2. The number of nitrogens with zero attached hydrogens (tertiary/aromatic N) is 2. The number of rotatable bonds is 4. The molecule has 1 heterocycles. The van der Waals surface area contributed by atoms with Crippen molar-refractivity contribution < 1.29 is 24.0 Å². The highest BCUT2D eigenvalue weighted by atomic mass is 16.6. The smallest absolute Gasteiger partial charge is 0.314 e. The number of nitro groups is 1. The minimum Gasteiger partial charge on any atom is -0.494 e. The fraction of sp³-hybridized carbons (Fsp3) is 0.333. The van der Waals surface area contributed by atoms with Gasteiger partial charge in [-0.15, -0.1) is 0 Å². The van der Waals surface area contributed by atoms with Gasteiger partial charge in [0.1, 0.15) is 5.75 Å². The van der Waals surface area contributed by atoms with Crippen LogP contribution in [0.15, 0.2) is 12.1 Å². The summed E-state index contributed by atoms with van der Waals surface area (Å²) in [5, 5.41) is 10.9. The van der Waals surface area contributed by atoms with Gasteiger partial charge in [-0.2, -0.15) is 0 Å². The van der Waals surface area contributed by atoms with Crippen molar-refractivity contribution >= 4 is 23.2 Å². The van der Waals surface area contributed by atoms with Gasteiger partial charge in [0.25, 0.3) is 0 Å². The van der Waals surface area contributed by atoms with E-state index in [2.05, 4.69) is 0 Å². The Morgan fingerprint density at radius 1 is 1.10 bits per heavy atom. The molecule has 0 atom stereocenters. The van der Waals surface area contributed by atoms with E-state index in [1.807, 2.05) is 0 Å². The quantitative estimate of drug-likeness (QED) is 0.468. The van der Waals surface area contributed by atoms with Crippen LogP contribution >= 0.6 is 0 Å². The van der Waals surface area contributed by atoms with Gasteiger partial charge in [0.2, 0.25) is 11.8 Å². The van der Waals surface area contributed by atoms with Crippen molar-refractivity contribution in [3.8, 4) is 11.5 Å². The first-order chi connectivity index (χ1) is 9.49. The molecule has 0 radical (unpaired) electrons.